The number of nitrogens with zero attached hydrogens (tertiary/aromatic N) is 2. The summed E-state index contributed by atoms with van der Waals surface area (Å²) in [7, 11) is -3.16. The Morgan fingerprint density at radius 2 is 1.87 bits per heavy atom. The summed E-state index contributed by atoms with van der Waals surface area (Å²) in [6.07, 6.45) is 5.27. The van der Waals surface area contributed by atoms with Gasteiger partial charge in [-0.1, -0.05) is 41.1 Å². The van der Waals surface area contributed by atoms with Crippen LogP contribution in [0.2, 0.25) is 5.02 Å². The van der Waals surface area contributed by atoms with Crippen LogP contribution >= 0.6 is 22.9 Å². The molecule has 2 aliphatic rings. The number of para-hydroxylation sites is 1. The fraction of sp³-hybridized carbons (Fsp3) is 0.409. The molecular formula is C22H24ClN3O3S2. The van der Waals surface area contributed by atoms with Gasteiger partial charge in [0.05, 0.1) is 16.0 Å². The first-order chi connectivity index (χ1) is 14.8. The fourth-order valence-electron chi connectivity index (χ4n) is 4.84. The minimum atomic E-state index is -3.16. The van der Waals surface area contributed by atoms with Gasteiger partial charge in [-0.05, 0) is 55.5 Å². The van der Waals surface area contributed by atoms with Crippen LogP contribution in [0.1, 0.15) is 31.2 Å². The molecule has 1 aromatic heterocycles. The van der Waals surface area contributed by atoms with Gasteiger partial charge in [0.2, 0.25) is 10.0 Å². The van der Waals surface area contributed by atoms with Crippen molar-refractivity contribution in [2.75, 3.05) is 6.26 Å². The molecular weight excluding hydrogens is 454 g/mol. The van der Waals surface area contributed by atoms with E-state index in [1.54, 1.807) is 0 Å². The van der Waals surface area contributed by atoms with E-state index in [-0.39, 0.29) is 6.04 Å². The van der Waals surface area contributed by atoms with E-state index in [9.17, 15) is 8.42 Å². The van der Waals surface area contributed by atoms with E-state index in [4.69, 9.17) is 16.3 Å². The van der Waals surface area contributed by atoms with Gasteiger partial charge in [0.1, 0.15) is 11.3 Å². The number of halogens is 1. The maximum Gasteiger partial charge on any atom is 0.279 e. The zero-order valence-electron chi connectivity index (χ0n) is 17.1. The van der Waals surface area contributed by atoms with E-state index in [2.05, 4.69) is 26.7 Å². The highest BCUT2D eigenvalue weighted by atomic mass is 35.5. The van der Waals surface area contributed by atoms with Crippen LogP contribution in [0.15, 0.2) is 42.5 Å². The maximum atomic E-state index is 11.6. The minimum Gasteiger partial charge on any atom is -0.431 e. The molecule has 2 aliphatic heterocycles. The number of aromatic nitrogens is 1. The smallest absolute Gasteiger partial charge is 0.279 e. The molecule has 3 atom stereocenters. The van der Waals surface area contributed by atoms with Crippen molar-refractivity contribution < 1.29 is 13.2 Å². The third-order valence-corrected chi connectivity index (χ3v) is 8.07. The molecule has 0 radical (unpaired) electrons. The average Bonchev–Trinajstić information content (AvgIpc) is 3.21. The summed E-state index contributed by atoms with van der Waals surface area (Å²) < 4.78 is 32.9. The van der Waals surface area contributed by atoms with Gasteiger partial charge in [0, 0.05) is 24.7 Å². The monoisotopic (exact) mass is 477 g/mol. The molecule has 6 nitrogen and oxygen atoms in total. The molecule has 2 aromatic carbocycles. The topological polar surface area (TPSA) is 71.5 Å². The number of piperidine rings is 1. The fourth-order valence-corrected chi connectivity index (χ4v) is 6.78. The Labute approximate surface area is 191 Å². The predicted molar refractivity (Wildman–Crippen MR) is 125 cm³/mol. The molecule has 9 heteroatoms. The van der Waals surface area contributed by atoms with Crippen molar-refractivity contribution in [3.63, 3.8) is 0 Å². The second-order valence-corrected chi connectivity index (χ2v) is 11.6. The van der Waals surface area contributed by atoms with Crippen LogP contribution in [-0.2, 0) is 16.6 Å². The zero-order chi connectivity index (χ0) is 21.6. The zero-order valence-corrected chi connectivity index (χ0v) is 19.5. The van der Waals surface area contributed by atoms with Gasteiger partial charge in [0.15, 0.2) is 0 Å². The Bertz CT molecular complexity index is 1180. The Balaban J connectivity index is 1.23. The molecule has 2 saturated heterocycles. The summed E-state index contributed by atoms with van der Waals surface area (Å²) in [5.74, 6) is 0.748. The van der Waals surface area contributed by atoms with Crippen molar-refractivity contribution in [3.05, 3.63) is 53.1 Å². The summed E-state index contributed by atoms with van der Waals surface area (Å²) in [4.78, 5) is 7.03. The van der Waals surface area contributed by atoms with Crippen molar-refractivity contribution in [1.29, 1.82) is 0 Å². The molecule has 5 rings (SSSR count). The number of fused-ring (bicyclic) bond motifs is 3. The highest BCUT2D eigenvalue weighted by molar-refractivity contribution is 7.88. The summed E-state index contributed by atoms with van der Waals surface area (Å²) in [6.45, 7) is 0.873. The number of rotatable bonds is 6. The molecule has 31 heavy (non-hydrogen) atoms. The first-order valence-electron chi connectivity index (χ1n) is 10.4. The summed E-state index contributed by atoms with van der Waals surface area (Å²) in [5, 5.41) is 1.21. The van der Waals surface area contributed by atoms with Gasteiger partial charge in [-0.2, -0.15) is 0 Å². The lowest BCUT2D eigenvalue weighted by molar-refractivity contribution is 0.116. The van der Waals surface area contributed by atoms with Crippen LogP contribution in [0.5, 0.6) is 10.9 Å². The van der Waals surface area contributed by atoms with E-state index < -0.39 is 10.0 Å². The first-order valence-corrected chi connectivity index (χ1v) is 13.5. The van der Waals surface area contributed by atoms with Gasteiger partial charge in [0.25, 0.3) is 5.19 Å². The van der Waals surface area contributed by atoms with Gasteiger partial charge in [-0.3, -0.25) is 4.90 Å². The van der Waals surface area contributed by atoms with E-state index in [0.29, 0.717) is 22.3 Å². The van der Waals surface area contributed by atoms with E-state index in [0.717, 1.165) is 48.2 Å². The van der Waals surface area contributed by atoms with Crippen LogP contribution in [0, 0.1) is 0 Å². The summed E-state index contributed by atoms with van der Waals surface area (Å²) >= 11 is 7.68. The normalized spacial score (nSPS) is 24.0. The largest absolute Gasteiger partial charge is 0.431 e. The Morgan fingerprint density at radius 3 is 2.52 bits per heavy atom. The summed E-state index contributed by atoms with van der Waals surface area (Å²) in [6, 6.07) is 14.8. The Hall–Kier alpha value is -1.71. The third-order valence-electron chi connectivity index (χ3n) is 6.11. The van der Waals surface area contributed by atoms with Crippen LogP contribution < -0.4 is 9.46 Å². The van der Waals surface area contributed by atoms with Crippen molar-refractivity contribution in [2.45, 2.75) is 50.4 Å². The Kier molecular flexibility index (Phi) is 5.68. The maximum absolute atomic E-state index is 11.6. The van der Waals surface area contributed by atoms with Crippen molar-refractivity contribution in [3.8, 4) is 10.9 Å². The van der Waals surface area contributed by atoms with Crippen LogP contribution in [-0.4, -0.2) is 42.7 Å². The molecule has 2 bridgehead atoms. The number of hydrogen-bond acceptors (Lipinski definition) is 6. The highest BCUT2D eigenvalue weighted by Crippen LogP contribution is 2.38. The van der Waals surface area contributed by atoms with Crippen molar-refractivity contribution in [2.24, 2.45) is 0 Å². The molecule has 0 amide bonds. The molecule has 0 aliphatic carbocycles. The SMILES string of the molecule is CS(=O)(=O)NC1C[C@H]2CC[C@@H](C1)N2Cc1ccc(Oc2nc3c(Cl)cccc3s2)cc1. The van der Waals surface area contributed by atoms with Crippen molar-refractivity contribution >= 4 is 43.2 Å². The van der Waals surface area contributed by atoms with E-state index in [1.807, 2.05) is 30.3 Å². The Morgan fingerprint density at radius 1 is 1.16 bits per heavy atom. The highest BCUT2D eigenvalue weighted by Gasteiger charge is 2.41. The number of nitrogens with one attached hydrogen (secondary N) is 1. The molecule has 0 saturated carbocycles. The van der Waals surface area contributed by atoms with Crippen LogP contribution in [0.25, 0.3) is 10.2 Å². The lowest BCUT2D eigenvalue weighted by Gasteiger charge is -2.39. The second-order valence-electron chi connectivity index (χ2n) is 8.43. The molecule has 3 heterocycles. The number of hydrogen-bond donors (Lipinski definition) is 1. The summed E-state index contributed by atoms with van der Waals surface area (Å²) in [5.41, 5.74) is 2.00. The first kappa shape index (κ1) is 21.2. The lowest BCUT2D eigenvalue weighted by Crippen LogP contribution is -2.49. The van der Waals surface area contributed by atoms with Gasteiger partial charge < -0.3 is 4.74 Å². The standard InChI is InChI=1S/C22H24ClN3O3S2/c1-31(27,28)25-15-11-16-7-8-17(12-15)26(16)13-14-5-9-18(10-6-14)29-22-24-21-19(23)3-2-4-20(21)30-22/h2-6,9-10,15-17,25H,7-8,11-13H2,1H3/t15?,16-,17+. The average molecular weight is 478 g/mol. The van der Waals surface area contributed by atoms with Crippen molar-refractivity contribution in [1.82, 2.24) is 14.6 Å². The van der Waals surface area contributed by atoms with Crippen LogP contribution in [0.3, 0.4) is 0 Å². The third kappa shape index (κ3) is 4.73. The number of benzene rings is 2. The van der Waals surface area contributed by atoms with Crippen LogP contribution in [0.4, 0.5) is 0 Å². The van der Waals surface area contributed by atoms with E-state index >= 15 is 0 Å². The lowest BCUT2D eigenvalue weighted by atomic mass is 9.97. The van der Waals surface area contributed by atoms with E-state index in [1.165, 1.54) is 23.2 Å². The second kappa shape index (κ2) is 8.33. The number of ether oxygens (including phenoxy) is 1. The molecule has 2 fully saturated rings. The number of thiazole rings is 1. The van der Waals surface area contributed by atoms with Gasteiger partial charge >= 0.3 is 0 Å². The quantitative estimate of drug-likeness (QED) is 0.552. The molecule has 1 N–H and O–H groups in total. The molecule has 164 valence electrons. The van der Waals surface area contributed by atoms with Gasteiger partial charge in [-0.15, -0.1) is 0 Å². The number of sulfonamides is 1. The predicted octanol–water partition coefficient (Wildman–Crippen LogP) is 4.79. The molecule has 1 unspecified atom stereocenters. The van der Waals surface area contributed by atoms with Gasteiger partial charge in [-0.25, -0.2) is 18.1 Å². The minimum absolute atomic E-state index is 0.0573. The molecule has 3 aromatic rings. The molecule has 0 spiro atoms.